The van der Waals surface area contributed by atoms with Gasteiger partial charge in [-0.1, -0.05) is 6.92 Å². The average molecular weight is 240 g/mol. The molecular formula is C14H16N4. The molecule has 0 aliphatic carbocycles. The second-order valence-electron chi connectivity index (χ2n) is 4.10. The van der Waals surface area contributed by atoms with E-state index in [9.17, 15) is 0 Å². The van der Waals surface area contributed by atoms with Gasteiger partial charge in [0, 0.05) is 24.6 Å². The van der Waals surface area contributed by atoms with E-state index < -0.39 is 0 Å². The fraction of sp³-hybridized carbons (Fsp3) is 0.286. The predicted octanol–water partition coefficient (Wildman–Crippen LogP) is 2.62. The molecule has 2 heterocycles. The summed E-state index contributed by atoms with van der Waals surface area (Å²) in [4.78, 5) is 4.33. The van der Waals surface area contributed by atoms with Gasteiger partial charge in [0.2, 0.25) is 0 Å². The van der Waals surface area contributed by atoms with Crippen LogP contribution in [0.25, 0.3) is 0 Å². The van der Waals surface area contributed by atoms with Crippen molar-refractivity contribution in [2.45, 2.75) is 19.9 Å². The molecule has 0 aromatic carbocycles. The van der Waals surface area contributed by atoms with Gasteiger partial charge < -0.3 is 9.88 Å². The van der Waals surface area contributed by atoms with E-state index in [0.29, 0.717) is 12.2 Å². The molecule has 2 aromatic heterocycles. The number of hydrogen-bond acceptors (Lipinski definition) is 3. The predicted molar refractivity (Wildman–Crippen MR) is 71.3 cm³/mol. The van der Waals surface area contributed by atoms with Gasteiger partial charge >= 0.3 is 0 Å². The zero-order chi connectivity index (χ0) is 12.8. The fourth-order valence-corrected chi connectivity index (χ4v) is 1.77. The highest BCUT2D eigenvalue weighted by Crippen LogP contribution is 2.10. The van der Waals surface area contributed by atoms with E-state index in [1.807, 2.05) is 29.0 Å². The molecule has 1 N–H and O–H groups in total. The molecule has 0 aliphatic heterocycles. The number of anilines is 1. The lowest BCUT2D eigenvalue weighted by atomic mass is 10.3. The summed E-state index contributed by atoms with van der Waals surface area (Å²) >= 11 is 0. The molecule has 0 amide bonds. The van der Waals surface area contributed by atoms with Crippen LogP contribution in [0.4, 0.5) is 5.69 Å². The number of rotatable bonds is 5. The Bertz CT molecular complexity index is 551. The highest BCUT2D eigenvalue weighted by Gasteiger charge is 2.02. The van der Waals surface area contributed by atoms with E-state index >= 15 is 0 Å². The van der Waals surface area contributed by atoms with Crippen LogP contribution in [0.5, 0.6) is 0 Å². The molecule has 0 bridgehead atoms. The van der Waals surface area contributed by atoms with Crippen LogP contribution in [0.3, 0.4) is 0 Å². The maximum Gasteiger partial charge on any atom is 0.120 e. The molecule has 0 fully saturated rings. The Balaban J connectivity index is 2.12. The van der Waals surface area contributed by atoms with Crippen LogP contribution >= 0.6 is 0 Å². The smallest absolute Gasteiger partial charge is 0.120 e. The van der Waals surface area contributed by atoms with E-state index in [4.69, 9.17) is 5.26 Å². The first-order chi connectivity index (χ1) is 8.83. The molecule has 0 saturated carbocycles. The highest BCUT2D eigenvalue weighted by molar-refractivity contribution is 5.43. The molecule has 0 atom stereocenters. The summed E-state index contributed by atoms with van der Waals surface area (Å²) in [5.74, 6) is 0. The molecule has 0 aliphatic rings. The van der Waals surface area contributed by atoms with Crippen molar-refractivity contribution in [3.63, 3.8) is 0 Å². The minimum atomic E-state index is 0.623. The molecule has 2 rings (SSSR count). The molecule has 18 heavy (non-hydrogen) atoms. The van der Waals surface area contributed by atoms with Crippen molar-refractivity contribution in [2.75, 3.05) is 11.9 Å². The first-order valence-corrected chi connectivity index (χ1v) is 6.07. The van der Waals surface area contributed by atoms with Gasteiger partial charge in [-0.25, -0.2) is 0 Å². The second kappa shape index (κ2) is 5.87. The molecule has 2 aromatic rings. The topological polar surface area (TPSA) is 53.6 Å². The van der Waals surface area contributed by atoms with Crippen molar-refractivity contribution in [2.24, 2.45) is 0 Å². The van der Waals surface area contributed by atoms with Gasteiger partial charge in [-0.15, -0.1) is 0 Å². The third-order valence-corrected chi connectivity index (χ3v) is 2.67. The molecule has 0 spiro atoms. The van der Waals surface area contributed by atoms with Crippen LogP contribution in [0, 0.1) is 11.3 Å². The summed E-state index contributed by atoms with van der Waals surface area (Å²) in [6.07, 6.45) is 4.78. The SMILES string of the molecule is CCCNc1ccnc(Cn2cccc2C#N)c1. The number of nitrogens with one attached hydrogen (secondary N) is 1. The Hall–Kier alpha value is -2.28. The quantitative estimate of drug-likeness (QED) is 0.874. The number of aromatic nitrogens is 2. The van der Waals surface area contributed by atoms with E-state index in [1.165, 1.54) is 0 Å². The van der Waals surface area contributed by atoms with Gasteiger partial charge in [0.25, 0.3) is 0 Å². The highest BCUT2D eigenvalue weighted by atomic mass is 15.0. The molecule has 0 radical (unpaired) electrons. The van der Waals surface area contributed by atoms with Crippen molar-refractivity contribution in [3.8, 4) is 6.07 Å². The lowest BCUT2D eigenvalue weighted by Gasteiger charge is -2.08. The summed E-state index contributed by atoms with van der Waals surface area (Å²) in [6.45, 7) is 3.71. The molecular weight excluding hydrogens is 224 g/mol. The zero-order valence-corrected chi connectivity index (χ0v) is 10.4. The Labute approximate surface area is 107 Å². The van der Waals surface area contributed by atoms with Gasteiger partial charge in [0.05, 0.1) is 12.2 Å². The number of hydrogen-bond donors (Lipinski definition) is 1. The Morgan fingerprint density at radius 1 is 1.44 bits per heavy atom. The first kappa shape index (κ1) is 12.2. The van der Waals surface area contributed by atoms with Crippen molar-refractivity contribution in [1.29, 1.82) is 5.26 Å². The largest absolute Gasteiger partial charge is 0.385 e. The maximum absolute atomic E-state index is 8.95. The van der Waals surface area contributed by atoms with E-state index in [-0.39, 0.29) is 0 Å². The second-order valence-corrected chi connectivity index (χ2v) is 4.10. The van der Waals surface area contributed by atoms with Crippen molar-refractivity contribution in [1.82, 2.24) is 9.55 Å². The normalized spacial score (nSPS) is 10.0. The van der Waals surface area contributed by atoms with Crippen molar-refractivity contribution >= 4 is 5.69 Å². The van der Waals surface area contributed by atoms with Crippen LogP contribution in [0.15, 0.2) is 36.7 Å². The standard InChI is InChI=1S/C14H16N4/c1-2-6-16-12-5-7-17-13(9-12)11-18-8-3-4-14(18)10-15/h3-5,7-9H,2,6,11H2,1H3,(H,16,17). The number of nitriles is 1. The molecule has 4 nitrogen and oxygen atoms in total. The van der Waals surface area contributed by atoms with E-state index in [2.05, 4.69) is 23.3 Å². The Kier molecular flexibility index (Phi) is 3.98. The molecule has 4 heteroatoms. The minimum absolute atomic E-state index is 0.623. The van der Waals surface area contributed by atoms with Crippen molar-refractivity contribution in [3.05, 3.63) is 48.0 Å². The van der Waals surface area contributed by atoms with Crippen LogP contribution in [0.1, 0.15) is 24.7 Å². The third-order valence-electron chi connectivity index (χ3n) is 2.67. The summed E-state index contributed by atoms with van der Waals surface area (Å²) in [5.41, 5.74) is 2.68. The first-order valence-electron chi connectivity index (χ1n) is 6.07. The lowest BCUT2D eigenvalue weighted by molar-refractivity contribution is 0.770. The van der Waals surface area contributed by atoms with Gasteiger partial charge in [-0.05, 0) is 30.7 Å². The van der Waals surface area contributed by atoms with Gasteiger partial charge in [-0.3, -0.25) is 4.98 Å². The van der Waals surface area contributed by atoms with Gasteiger partial charge in [0.1, 0.15) is 11.8 Å². The average Bonchev–Trinajstić information content (AvgIpc) is 2.84. The Morgan fingerprint density at radius 3 is 3.11 bits per heavy atom. The monoisotopic (exact) mass is 240 g/mol. The van der Waals surface area contributed by atoms with Crippen LogP contribution in [-0.2, 0) is 6.54 Å². The lowest BCUT2D eigenvalue weighted by Crippen LogP contribution is -2.05. The summed E-state index contributed by atoms with van der Waals surface area (Å²) in [7, 11) is 0. The summed E-state index contributed by atoms with van der Waals surface area (Å²) in [5, 5.41) is 12.3. The summed E-state index contributed by atoms with van der Waals surface area (Å²) in [6, 6.07) is 9.82. The number of nitrogens with zero attached hydrogens (tertiary/aromatic N) is 3. The third kappa shape index (κ3) is 2.89. The van der Waals surface area contributed by atoms with E-state index in [0.717, 1.165) is 24.3 Å². The molecule has 92 valence electrons. The zero-order valence-electron chi connectivity index (χ0n) is 10.4. The fourth-order valence-electron chi connectivity index (χ4n) is 1.77. The number of pyridine rings is 1. The van der Waals surface area contributed by atoms with Gasteiger partial charge in [-0.2, -0.15) is 5.26 Å². The van der Waals surface area contributed by atoms with Gasteiger partial charge in [0.15, 0.2) is 0 Å². The van der Waals surface area contributed by atoms with Crippen LogP contribution in [-0.4, -0.2) is 16.1 Å². The molecule has 0 saturated heterocycles. The molecule has 0 unspecified atom stereocenters. The van der Waals surface area contributed by atoms with Crippen LogP contribution < -0.4 is 5.32 Å². The Morgan fingerprint density at radius 2 is 2.33 bits per heavy atom. The minimum Gasteiger partial charge on any atom is -0.385 e. The van der Waals surface area contributed by atoms with Crippen molar-refractivity contribution < 1.29 is 0 Å². The van der Waals surface area contributed by atoms with Crippen LogP contribution in [0.2, 0.25) is 0 Å². The summed E-state index contributed by atoms with van der Waals surface area (Å²) < 4.78 is 1.89. The van der Waals surface area contributed by atoms with E-state index in [1.54, 1.807) is 12.3 Å². The maximum atomic E-state index is 8.95.